The van der Waals surface area contributed by atoms with Crippen molar-refractivity contribution >= 4 is 12.2 Å². The Hall–Kier alpha value is -14.6. The number of benzene rings is 16. The first-order chi connectivity index (χ1) is 61.8. The largest absolute Gasteiger partial charge is 0.489 e. The van der Waals surface area contributed by atoms with Crippen molar-refractivity contribution in [3.63, 3.8) is 0 Å². The lowest BCUT2D eigenvalue weighted by Crippen LogP contribution is -2.28. The van der Waals surface area contributed by atoms with E-state index in [1.807, 2.05) is 12.2 Å². The molecular formula is C119H104O8. The van der Waals surface area contributed by atoms with Gasteiger partial charge in [-0.25, -0.2) is 0 Å². The molecule has 16 aromatic carbocycles. The van der Waals surface area contributed by atoms with Gasteiger partial charge in [-0.1, -0.05) is 306 Å². The van der Waals surface area contributed by atoms with E-state index in [2.05, 4.69) is 422 Å². The van der Waals surface area contributed by atoms with Gasteiger partial charge in [-0.3, -0.25) is 0 Å². The molecule has 2 aliphatic rings. The van der Waals surface area contributed by atoms with Gasteiger partial charge in [0.15, 0.2) is 0 Å². The highest BCUT2D eigenvalue weighted by Crippen LogP contribution is 2.59. The van der Waals surface area contributed by atoms with Crippen molar-refractivity contribution in [2.75, 3.05) is 0 Å². The van der Waals surface area contributed by atoms with E-state index in [9.17, 15) is 0 Å². The second kappa shape index (κ2) is 35.6. The maximum Gasteiger partial charge on any atom is 0.133 e. The van der Waals surface area contributed by atoms with Crippen molar-refractivity contribution in [1.82, 2.24) is 0 Å². The third kappa shape index (κ3) is 16.6. The average molecular weight is 1660 g/mol. The van der Waals surface area contributed by atoms with Crippen LogP contribution in [0.15, 0.2) is 353 Å². The first-order valence-corrected chi connectivity index (χ1v) is 43.8. The molecule has 0 bridgehead atoms. The van der Waals surface area contributed by atoms with Crippen molar-refractivity contribution in [2.45, 2.75) is 125 Å². The molecule has 0 fully saturated rings. The van der Waals surface area contributed by atoms with E-state index in [-0.39, 0.29) is 5.41 Å². The fourth-order valence-corrected chi connectivity index (χ4v) is 18.9. The van der Waals surface area contributed by atoms with E-state index in [0.717, 1.165) is 158 Å². The summed E-state index contributed by atoms with van der Waals surface area (Å²) < 4.78 is 52.4. The molecule has 0 aromatic heterocycles. The van der Waals surface area contributed by atoms with Gasteiger partial charge in [0.1, 0.15) is 97.1 Å². The Bertz CT molecular complexity index is 6150. The zero-order valence-electron chi connectivity index (χ0n) is 73.9. The molecule has 0 saturated carbocycles. The van der Waals surface area contributed by atoms with Crippen LogP contribution in [-0.4, -0.2) is 0 Å². The summed E-state index contributed by atoms with van der Waals surface area (Å²) in [5.74, 6) is 8.18. The second-order valence-electron chi connectivity index (χ2n) is 34.5. The second-order valence-corrected chi connectivity index (χ2v) is 34.5. The van der Waals surface area contributed by atoms with Gasteiger partial charge < -0.3 is 37.9 Å². The molecule has 0 atom stereocenters. The van der Waals surface area contributed by atoms with Crippen LogP contribution in [-0.2, 0) is 55.9 Å². The minimum absolute atomic E-state index is 0.337. The van der Waals surface area contributed by atoms with Crippen molar-refractivity contribution < 1.29 is 37.9 Å². The molecule has 0 radical (unpaired) electrons. The molecule has 2 aliphatic carbocycles. The van der Waals surface area contributed by atoms with Gasteiger partial charge in [-0.05, 0) is 295 Å². The first-order valence-electron chi connectivity index (χ1n) is 43.8. The Morgan fingerprint density at radius 1 is 0.236 bits per heavy atom. The summed E-state index contributed by atoms with van der Waals surface area (Å²) in [6.07, 6.45) is 3.71. The van der Waals surface area contributed by atoms with Crippen LogP contribution in [0.4, 0.5) is 0 Å². The van der Waals surface area contributed by atoms with Gasteiger partial charge >= 0.3 is 0 Å². The lowest BCUT2D eigenvalue weighted by atomic mass is 9.68. The maximum atomic E-state index is 6.80. The molecule has 8 heteroatoms. The molecule has 0 spiro atoms. The predicted octanol–water partition coefficient (Wildman–Crippen LogP) is 29.6. The molecule has 0 saturated heterocycles. The number of ether oxygens (including phenoxy) is 8. The molecule has 127 heavy (non-hydrogen) atoms. The Kier molecular flexibility index (Phi) is 23.3. The third-order valence-corrected chi connectivity index (χ3v) is 25.6. The van der Waals surface area contributed by atoms with Crippen LogP contribution < -0.4 is 37.9 Å². The van der Waals surface area contributed by atoms with Crippen LogP contribution in [0.2, 0.25) is 0 Å². The highest BCUT2D eigenvalue weighted by molar-refractivity contribution is 5.88. The zero-order chi connectivity index (χ0) is 87.5. The van der Waals surface area contributed by atoms with Gasteiger partial charge in [0, 0.05) is 5.41 Å². The Labute approximate surface area is 747 Å². The first kappa shape index (κ1) is 83.3. The van der Waals surface area contributed by atoms with E-state index < -0.39 is 10.8 Å². The van der Waals surface area contributed by atoms with Crippen LogP contribution in [0.5, 0.6) is 57.5 Å². The van der Waals surface area contributed by atoms with Gasteiger partial charge in [0.2, 0.25) is 0 Å². The van der Waals surface area contributed by atoms with Gasteiger partial charge in [-0.2, -0.15) is 0 Å². The Morgan fingerprint density at radius 3 is 0.685 bits per heavy atom. The normalized spacial score (nSPS) is 12.6. The number of rotatable bonds is 30. The molecule has 8 nitrogen and oxygen atoms in total. The fraction of sp³-hybridized carbons (Fsp3) is 0.160. The van der Waals surface area contributed by atoms with Gasteiger partial charge in [-0.15, -0.1) is 0 Å². The topological polar surface area (TPSA) is 73.8 Å². The molecule has 18 rings (SSSR count). The van der Waals surface area contributed by atoms with Crippen molar-refractivity contribution in [3.05, 3.63) is 498 Å². The van der Waals surface area contributed by atoms with Crippen LogP contribution in [0.1, 0.15) is 158 Å². The minimum Gasteiger partial charge on any atom is -0.489 e. The summed E-state index contributed by atoms with van der Waals surface area (Å²) >= 11 is 0. The van der Waals surface area contributed by atoms with E-state index in [4.69, 9.17) is 37.9 Å². The van der Waals surface area contributed by atoms with Crippen LogP contribution in [0.25, 0.3) is 34.4 Å². The predicted molar refractivity (Wildman–Crippen MR) is 515 cm³/mol. The van der Waals surface area contributed by atoms with E-state index in [0.29, 0.717) is 39.6 Å². The van der Waals surface area contributed by atoms with Crippen molar-refractivity contribution in [2.24, 2.45) is 0 Å². The Morgan fingerprint density at radius 2 is 0.449 bits per heavy atom. The van der Waals surface area contributed by atoms with Crippen LogP contribution in [0, 0.1) is 55.4 Å². The Balaban J connectivity index is 0.468. The molecular weight excluding hydrogens is 1560 g/mol. The van der Waals surface area contributed by atoms with E-state index >= 15 is 0 Å². The highest BCUT2D eigenvalue weighted by atomic mass is 16.5. The molecule has 0 unspecified atom stereocenters. The molecule has 0 N–H and O–H groups in total. The monoisotopic (exact) mass is 1660 g/mol. The quantitative estimate of drug-likeness (QED) is 0.0441. The molecule has 0 aliphatic heterocycles. The lowest BCUT2D eigenvalue weighted by molar-refractivity contribution is 0.299. The number of hydrogen-bond acceptors (Lipinski definition) is 8. The molecule has 0 amide bonds. The molecule has 16 aromatic rings. The standard InChI is InChI=1S/C119H104O8/c1-13-85-31-35-87(36-32-85)71-120-99-55-47-93(48-56-99)118(109-27-19-15-23-105(109)106-24-16-20-28-110(106)118)95-51-59-101(60-52-95)122-73-89-39-43-91(44-40-89)75-124-113-81(7)67-103(68-82(113)8)126-115-77(3)63-97(64-78(115)4)117(11,12)98-65-79(5)116(80(6)66-98)127-104-69-83(9)114(84(10)70-104)125-76-92-45-41-90(42-46-92)74-123-102-61-53-96(54-62-102)119(111-29-21-17-25-107(111)108-26-18-22-30-112(108)119)94-49-57-100(58-50-94)121-72-88-37-33-86(14-2)34-38-88/h13-70H,1-2,71-76H2,3-12H3. The van der Waals surface area contributed by atoms with E-state index in [1.165, 1.54) is 66.8 Å². The summed E-state index contributed by atoms with van der Waals surface area (Å²) in [6, 6.07) is 121. The van der Waals surface area contributed by atoms with Crippen molar-refractivity contribution in [1.29, 1.82) is 0 Å². The number of aryl methyl sites for hydroxylation is 8. The minimum atomic E-state index is -0.552. The third-order valence-electron chi connectivity index (χ3n) is 25.6. The van der Waals surface area contributed by atoms with E-state index in [1.54, 1.807) is 0 Å². The molecule has 0 heterocycles. The SMILES string of the molecule is C=Cc1ccc(COc2ccc(C3(c4ccc(OCc5ccc(COc6c(C)cc(Oc7c(C)cc(C(C)(C)c8cc(C)c(Oc9cc(C)c(OCc%10ccc(COc%11ccc(C%12(c%13ccc(OCc%14ccc(C=C)cc%14)cc%13)c%13ccccc%13-c%13ccccc%13%12)cc%11)cc%10)c(C)c9)c(C)c8)cc7C)cc6C)cc5)cc4)c4ccccc4-c4ccccc43)cc2)cc1. The summed E-state index contributed by atoms with van der Waals surface area (Å²) in [4.78, 5) is 0. The van der Waals surface area contributed by atoms with Crippen LogP contribution >= 0.6 is 0 Å². The van der Waals surface area contributed by atoms with Crippen LogP contribution in [0.3, 0.4) is 0 Å². The molecule has 628 valence electrons. The number of fused-ring (bicyclic) bond motifs is 6. The summed E-state index contributed by atoms with van der Waals surface area (Å²) in [7, 11) is 0. The van der Waals surface area contributed by atoms with Crippen molar-refractivity contribution in [3.8, 4) is 79.7 Å². The smallest absolute Gasteiger partial charge is 0.133 e. The number of hydrogen-bond donors (Lipinski definition) is 0. The average Bonchev–Trinajstić information content (AvgIpc) is 1.55. The fourth-order valence-electron chi connectivity index (χ4n) is 18.9. The van der Waals surface area contributed by atoms with Gasteiger partial charge in [0.05, 0.1) is 10.8 Å². The summed E-state index contributed by atoms with van der Waals surface area (Å²) in [5.41, 5.74) is 32.5. The van der Waals surface area contributed by atoms with Gasteiger partial charge in [0.25, 0.3) is 0 Å². The maximum absolute atomic E-state index is 6.80. The highest BCUT2D eigenvalue weighted by Gasteiger charge is 2.48. The summed E-state index contributed by atoms with van der Waals surface area (Å²) in [5, 5.41) is 0. The lowest BCUT2D eigenvalue weighted by Gasteiger charge is -2.34. The summed E-state index contributed by atoms with van der Waals surface area (Å²) in [6.45, 7) is 31.9. The zero-order valence-corrected chi connectivity index (χ0v) is 73.9.